The van der Waals surface area contributed by atoms with Crippen LogP contribution in [0.1, 0.15) is 12.5 Å². The van der Waals surface area contributed by atoms with E-state index in [2.05, 4.69) is 10.6 Å². The van der Waals surface area contributed by atoms with Gasteiger partial charge in [0.25, 0.3) is 0 Å². The standard InChI is InChI=1S/C11H14F2N2O/c1-3-14-9(16)6-15-11-8(12)5-4-7(2)10(11)13/h4-5,15H,3,6H2,1-2H3,(H,14,16). The summed E-state index contributed by atoms with van der Waals surface area (Å²) in [5.74, 6) is -1.67. The smallest absolute Gasteiger partial charge is 0.239 e. The average Bonchev–Trinajstić information content (AvgIpc) is 2.24. The molecule has 0 bridgehead atoms. The van der Waals surface area contributed by atoms with Crippen LogP contribution in [0.15, 0.2) is 12.1 Å². The van der Waals surface area contributed by atoms with Crippen molar-refractivity contribution in [1.29, 1.82) is 0 Å². The Kier molecular flexibility index (Phi) is 4.22. The van der Waals surface area contributed by atoms with Crippen LogP contribution in [0, 0.1) is 18.6 Å². The van der Waals surface area contributed by atoms with Crippen molar-refractivity contribution in [2.24, 2.45) is 0 Å². The molecule has 0 aromatic heterocycles. The normalized spacial score (nSPS) is 10.0. The Morgan fingerprint density at radius 1 is 1.38 bits per heavy atom. The van der Waals surface area contributed by atoms with E-state index in [1.165, 1.54) is 19.1 Å². The fourth-order valence-electron chi connectivity index (χ4n) is 1.25. The average molecular weight is 228 g/mol. The highest BCUT2D eigenvalue weighted by atomic mass is 19.1. The van der Waals surface area contributed by atoms with Crippen LogP contribution in [0.3, 0.4) is 0 Å². The minimum absolute atomic E-state index is 0.148. The Bertz CT molecular complexity index is 394. The van der Waals surface area contributed by atoms with Crippen LogP contribution in [-0.4, -0.2) is 19.0 Å². The lowest BCUT2D eigenvalue weighted by molar-refractivity contribution is -0.119. The number of likely N-dealkylation sites (N-methyl/N-ethyl adjacent to an activating group) is 1. The zero-order valence-corrected chi connectivity index (χ0v) is 9.23. The summed E-state index contributed by atoms with van der Waals surface area (Å²) in [4.78, 5) is 11.1. The Balaban J connectivity index is 2.74. The lowest BCUT2D eigenvalue weighted by Gasteiger charge is -2.09. The van der Waals surface area contributed by atoms with Crippen LogP contribution in [0.5, 0.6) is 0 Å². The quantitative estimate of drug-likeness (QED) is 0.825. The van der Waals surface area contributed by atoms with Gasteiger partial charge in [0.05, 0.1) is 6.54 Å². The molecule has 2 N–H and O–H groups in total. The van der Waals surface area contributed by atoms with E-state index in [0.717, 1.165) is 0 Å². The second kappa shape index (κ2) is 5.44. The van der Waals surface area contributed by atoms with Crippen LogP contribution in [0.2, 0.25) is 0 Å². The van der Waals surface area contributed by atoms with E-state index in [1.54, 1.807) is 6.92 Å². The van der Waals surface area contributed by atoms with E-state index < -0.39 is 11.6 Å². The van der Waals surface area contributed by atoms with Gasteiger partial charge in [0.2, 0.25) is 5.91 Å². The van der Waals surface area contributed by atoms with Crippen molar-refractivity contribution in [3.05, 3.63) is 29.3 Å². The monoisotopic (exact) mass is 228 g/mol. The van der Waals surface area contributed by atoms with Crippen molar-refractivity contribution in [3.63, 3.8) is 0 Å². The van der Waals surface area contributed by atoms with Crippen molar-refractivity contribution in [3.8, 4) is 0 Å². The zero-order valence-electron chi connectivity index (χ0n) is 9.23. The van der Waals surface area contributed by atoms with Crippen molar-refractivity contribution in [1.82, 2.24) is 5.32 Å². The first kappa shape index (κ1) is 12.4. The van der Waals surface area contributed by atoms with Gasteiger partial charge in [-0.2, -0.15) is 0 Å². The Morgan fingerprint density at radius 2 is 2.06 bits per heavy atom. The highest BCUT2D eigenvalue weighted by Gasteiger charge is 2.11. The van der Waals surface area contributed by atoms with Crippen LogP contribution < -0.4 is 10.6 Å². The van der Waals surface area contributed by atoms with Gasteiger partial charge in [0.15, 0.2) is 5.82 Å². The highest BCUT2D eigenvalue weighted by molar-refractivity contribution is 5.80. The molecule has 0 radical (unpaired) electrons. The number of benzene rings is 1. The van der Waals surface area contributed by atoms with Crippen molar-refractivity contribution in [2.75, 3.05) is 18.4 Å². The third-order valence-electron chi connectivity index (χ3n) is 2.08. The summed E-state index contributed by atoms with van der Waals surface area (Å²) in [6, 6.07) is 2.51. The lowest BCUT2D eigenvalue weighted by Crippen LogP contribution is -2.29. The predicted octanol–water partition coefficient (Wildman–Crippen LogP) is 1.82. The molecule has 1 rings (SSSR count). The van der Waals surface area contributed by atoms with E-state index in [-0.39, 0.29) is 18.1 Å². The molecule has 3 nitrogen and oxygen atoms in total. The lowest BCUT2D eigenvalue weighted by atomic mass is 10.2. The van der Waals surface area contributed by atoms with Gasteiger partial charge in [-0.15, -0.1) is 0 Å². The third-order valence-corrected chi connectivity index (χ3v) is 2.08. The molecule has 0 atom stereocenters. The molecule has 0 spiro atoms. The summed E-state index contributed by atoms with van der Waals surface area (Å²) >= 11 is 0. The molecule has 1 aromatic rings. The van der Waals surface area contributed by atoms with Crippen molar-refractivity contribution in [2.45, 2.75) is 13.8 Å². The summed E-state index contributed by atoms with van der Waals surface area (Å²) in [6.45, 7) is 3.64. The van der Waals surface area contributed by atoms with Gasteiger partial charge in [0, 0.05) is 6.54 Å². The molecule has 0 unspecified atom stereocenters. The summed E-state index contributed by atoms with van der Waals surface area (Å²) in [5, 5.41) is 4.97. The Labute approximate surface area is 92.8 Å². The molecule has 5 heteroatoms. The molecule has 1 amide bonds. The maximum absolute atomic E-state index is 13.5. The molecule has 0 heterocycles. The zero-order chi connectivity index (χ0) is 12.1. The van der Waals surface area contributed by atoms with E-state index >= 15 is 0 Å². The molecular formula is C11H14F2N2O. The van der Waals surface area contributed by atoms with Gasteiger partial charge in [-0.1, -0.05) is 6.07 Å². The van der Waals surface area contributed by atoms with Crippen LogP contribution in [0.25, 0.3) is 0 Å². The van der Waals surface area contributed by atoms with E-state index in [1.807, 2.05) is 0 Å². The third kappa shape index (κ3) is 2.92. The minimum atomic E-state index is -0.701. The first-order valence-electron chi connectivity index (χ1n) is 5.01. The summed E-state index contributed by atoms with van der Waals surface area (Å²) < 4.78 is 26.7. The van der Waals surface area contributed by atoms with Gasteiger partial charge >= 0.3 is 0 Å². The molecule has 0 aliphatic carbocycles. The second-order valence-corrected chi connectivity index (χ2v) is 3.36. The van der Waals surface area contributed by atoms with Crippen LogP contribution in [0.4, 0.5) is 14.5 Å². The second-order valence-electron chi connectivity index (χ2n) is 3.36. The van der Waals surface area contributed by atoms with Gasteiger partial charge in [-0.25, -0.2) is 8.78 Å². The summed E-state index contributed by atoms with van der Waals surface area (Å²) in [6.07, 6.45) is 0. The number of rotatable bonds is 4. The molecule has 0 saturated heterocycles. The highest BCUT2D eigenvalue weighted by Crippen LogP contribution is 2.21. The number of hydrogen-bond donors (Lipinski definition) is 2. The van der Waals surface area contributed by atoms with E-state index in [9.17, 15) is 13.6 Å². The molecule has 16 heavy (non-hydrogen) atoms. The Morgan fingerprint density at radius 3 is 2.69 bits per heavy atom. The van der Waals surface area contributed by atoms with Crippen molar-refractivity contribution < 1.29 is 13.6 Å². The summed E-state index contributed by atoms with van der Waals surface area (Å²) in [7, 11) is 0. The SMILES string of the molecule is CCNC(=O)CNc1c(F)ccc(C)c1F. The molecule has 0 aliphatic heterocycles. The number of anilines is 1. The molecule has 0 saturated carbocycles. The van der Waals surface area contributed by atoms with Crippen LogP contribution >= 0.6 is 0 Å². The largest absolute Gasteiger partial charge is 0.371 e. The van der Waals surface area contributed by atoms with E-state index in [4.69, 9.17) is 0 Å². The van der Waals surface area contributed by atoms with E-state index in [0.29, 0.717) is 12.1 Å². The molecule has 0 fully saturated rings. The van der Waals surface area contributed by atoms with Crippen LogP contribution in [-0.2, 0) is 4.79 Å². The molecule has 0 aliphatic rings. The fraction of sp³-hybridized carbons (Fsp3) is 0.364. The molecule has 1 aromatic carbocycles. The Hall–Kier alpha value is -1.65. The maximum atomic E-state index is 13.5. The number of nitrogens with one attached hydrogen (secondary N) is 2. The fourth-order valence-corrected chi connectivity index (χ4v) is 1.25. The van der Waals surface area contributed by atoms with Gasteiger partial charge in [0.1, 0.15) is 11.5 Å². The van der Waals surface area contributed by atoms with Gasteiger partial charge in [-0.05, 0) is 25.5 Å². The number of carbonyl (C=O) groups excluding carboxylic acids is 1. The summed E-state index contributed by atoms with van der Waals surface area (Å²) in [5.41, 5.74) is 0.0750. The topological polar surface area (TPSA) is 41.1 Å². The molecule has 88 valence electrons. The minimum Gasteiger partial charge on any atom is -0.371 e. The number of amides is 1. The van der Waals surface area contributed by atoms with Crippen molar-refractivity contribution >= 4 is 11.6 Å². The van der Waals surface area contributed by atoms with Gasteiger partial charge in [-0.3, -0.25) is 4.79 Å². The first-order valence-corrected chi connectivity index (χ1v) is 5.01. The number of hydrogen-bond acceptors (Lipinski definition) is 2. The number of aryl methyl sites for hydroxylation is 1. The number of carbonyl (C=O) groups is 1. The number of halogens is 2. The maximum Gasteiger partial charge on any atom is 0.239 e. The first-order chi connectivity index (χ1) is 7.56. The van der Waals surface area contributed by atoms with Gasteiger partial charge < -0.3 is 10.6 Å². The molecular weight excluding hydrogens is 214 g/mol. The predicted molar refractivity (Wildman–Crippen MR) is 58.3 cm³/mol.